The number of unbranched alkanes of at least 4 members (excludes halogenated alkanes) is 13. The van der Waals surface area contributed by atoms with Crippen LogP contribution in [0, 0.1) is 0 Å². The van der Waals surface area contributed by atoms with Crippen LogP contribution in [-0.2, 0) is 27.9 Å². The van der Waals surface area contributed by atoms with E-state index in [2.05, 4.69) is 38.2 Å². The van der Waals surface area contributed by atoms with Gasteiger partial charge in [0, 0.05) is 19.6 Å². The first kappa shape index (κ1) is 39.0. The predicted octanol–water partition coefficient (Wildman–Crippen LogP) is 8.18. The lowest BCUT2D eigenvalue weighted by Crippen LogP contribution is -2.28. The molecule has 8 nitrogen and oxygen atoms in total. The first-order valence-electron chi connectivity index (χ1n) is 15.8. The summed E-state index contributed by atoms with van der Waals surface area (Å²) in [5.74, 6) is -0.354. The third kappa shape index (κ3) is 28.5. The lowest BCUT2D eigenvalue weighted by Gasteiger charge is -2.20. The Morgan fingerprint density at radius 1 is 0.750 bits per heavy atom. The quantitative estimate of drug-likeness (QED) is 0.0373. The molecule has 0 saturated carbocycles. The molecule has 0 rings (SSSR count). The molecule has 2 atom stereocenters. The van der Waals surface area contributed by atoms with Gasteiger partial charge in [-0.3, -0.25) is 13.8 Å². The summed E-state index contributed by atoms with van der Waals surface area (Å²) in [6.07, 6.45) is 28.1. The van der Waals surface area contributed by atoms with E-state index in [4.69, 9.17) is 24.3 Å². The molecule has 0 aromatic carbocycles. The van der Waals surface area contributed by atoms with Crippen molar-refractivity contribution in [2.75, 3.05) is 33.0 Å². The van der Waals surface area contributed by atoms with Gasteiger partial charge in [-0.05, 0) is 44.9 Å². The van der Waals surface area contributed by atoms with Gasteiger partial charge in [0.1, 0.15) is 6.10 Å². The molecule has 0 aromatic rings. The number of hydrogen-bond donors (Lipinski definition) is 2. The molecule has 0 aliphatic carbocycles. The molecule has 0 aromatic heterocycles. The summed E-state index contributed by atoms with van der Waals surface area (Å²) in [7, 11) is -4.25. The van der Waals surface area contributed by atoms with Crippen LogP contribution in [-0.4, -0.2) is 49.9 Å². The highest BCUT2D eigenvalue weighted by Crippen LogP contribution is 2.43. The number of phosphoric acid groups is 1. The smallest absolute Gasteiger partial charge is 0.457 e. The van der Waals surface area contributed by atoms with Gasteiger partial charge >= 0.3 is 13.8 Å². The highest BCUT2D eigenvalue weighted by molar-refractivity contribution is 7.47. The van der Waals surface area contributed by atoms with Crippen LogP contribution in [0.15, 0.2) is 24.3 Å². The van der Waals surface area contributed by atoms with Gasteiger partial charge in [-0.25, -0.2) is 4.57 Å². The maximum absolute atomic E-state index is 12.2. The van der Waals surface area contributed by atoms with Crippen molar-refractivity contribution in [3.8, 4) is 0 Å². The Hall–Kier alpha value is -1.02. The second-order valence-electron chi connectivity index (χ2n) is 10.3. The summed E-state index contributed by atoms with van der Waals surface area (Å²) in [5.41, 5.74) is 5.30. The second-order valence-corrected chi connectivity index (χ2v) is 11.8. The number of phosphoric ester groups is 1. The zero-order chi connectivity index (χ0) is 29.6. The number of carbonyl (C=O) groups excluding carboxylic acids is 1. The fraction of sp³-hybridized carbons (Fsp3) is 0.839. The first-order valence-corrected chi connectivity index (χ1v) is 17.3. The Labute approximate surface area is 245 Å². The number of ether oxygens (including phenoxy) is 2. The molecule has 3 N–H and O–H groups in total. The summed E-state index contributed by atoms with van der Waals surface area (Å²) < 4.78 is 32.8. The zero-order valence-electron chi connectivity index (χ0n) is 25.6. The van der Waals surface area contributed by atoms with Gasteiger partial charge in [-0.15, -0.1) is 0 Å². The topological polar surface area (TPSA) is 117 Å². The maximum atomic E-state index is 12.2. The molecule has 2 unspecified atom stereocenters. The number of esters is 1. The predicted molar refractivity (Wildman–Crippen MR) is 164 cm³/mol. The highest BCUT2D eigenvalue weighted by Gasteiger charge is 2.25. The van der Waals surface area contributed by atoms with Crippen molar-refractivity contribution >= 4 is 13.8 Å². The van der Waals surface area contributed by atoms with Crippen molar-refractivity contribution < 1.29 is 32.8 Å². The third-order valence-electron chi connectivity index (χ3n) is 6.37. The molecule has 40 heavy (non-hydrogen) atoms. The first-order chi connectivity index (χ1) is 19.4. The van der Waals surface area contributed by atoms with Gasteiger partial charge < -0.3 is 20.1 Å². The van der Waals surface area contributed by atoms with Crippen molar-refractivity contribution in [3.05, 3.63) is 24.3 Å². The molecule has 9 heteroatoms. The molecule has 0 fully saturated rings. The van der Waals surface area contributed by atoms with Gasteiger partial charge in [-0.2, -0.15) is 0 Å². The minimum Gasteiger partial charge on any atom is -0.457 e. The average Bonchev–Trinajstić information content (AvgIpc) is 2.94. The summed E-state index contributed by atoms with van der Waals surface area (Å²) in [4.78, 5) is 21.9. The SMILES string of the molecule is CCCCCC/C=C\C/C=C\CCCCCCCCOCC(COP(=O)(O)OCCN)OC(=O)CCCCCC. The van der Waals surface area contributed by atoms with E-state index < -0.39 is 13.9 Å². The monoisotopic (exact) mass is 589 g/mol. The minimum absolute atomic E-state index is 0.0975. The van der Waals surface area contributed by atoms with Gasteiger partial charge in [-0.1, -0.05) is 102 Å². The fourth-order valence-electron chi connectivity index (χ4n) is 4.02. The van der Waals surface area contributed by atoms with Crippen LogP contribution in [0.25, 0.3) is 0 Å². The van der Waals surface area contributed by atoms with Gasteiger partial charge in [0.2, 0.25) is 0 Å². The molecule has 0 heterocycles. The van der Waals surface area contributed by atoms with E-state index in [-0.39, 0.29) is 32.3 Å². The zero-order valence-corrected chi connectivity index (χ0v) is 26.5. The van der Waals surface area contributed by atoms with Crippen molar-refractivity contribution in [2.45, 2.75) is 136 Å². The van der Waals surface area contributed by atoms with Gasteiger partial charge in [0.05, 0.1) is 19.8 Å². The third-order valence-corrected chi connectivity index (χ3v) is 7.36. The largest absolute Gasteiger partial charge is 0.472 e. The van der Waals surface area contributed by atoms with E-state index in [0.717, 1.165) is 51.4 Å². The number of rotatable bonds is 30. The Morgan fingerprint density at radius 2 is 1.32 bits per heavy atom. The Bertz CT molecular complexity index is 672. The van der Waals surface area contributed by atoms with Gasteiger partial charge in [0.25, 0.3) is 0 Å². The Balaban J connectivity index is 3.98. The van der Waals surface area contributed by atoms with E-state index in [9.17, 15) is 14.3 Å². The van der Waals surface area contributed by atoms with E-state index in [0.29, 0.717) is 13.0 Å². The summed E-state index contributed by atoms with van der Waals surface area (Å²) in [6, 6.07) is 0. The standard InChI is InChI=1S/C31H60NO7P/c1-3-5-7-9-10-11-12-13-14-15-16-17-18-19-20-21-23-26-36-28-30(29-38-40(34,35)37-27-25-32)39-31(33)24-22-8-6-4-2/h11-12,14-15,30H,3-10,13,16-29,32H2,1-2H3,(H,34,35)/b12-11-,15-14-. The lowest BCUT2D eigenvalue weighted by molar-refractivity contribution is -0.154. The van der Waals surface area contributed by atoms with Crippen LogP contribution in [0.2, 0.25) is 0 Å². The van der Waals surface area contributed by atoms with Crippen molar-refractivity contribution in [2.24, 2.45) is 5.73 Å². The van der Waals surface area contributed by atoms with Crippen molar-refractivity contribution in [1.29, 1.82) is 0 Å². The number of carbonyl (C=O) groups is 1. The van der Waals surface area contributed by atoms with Crippen LogP contribution >= 0.6 is 7.82 Å². The fourth-order valence-corrected chi connectivity index (χ4v) is 4.79. The average molecular weight is 590 g/mol. The van der Waals surface area contributed by atoms with E-state index in [1.807, 2.05) is 0 Å². The van der Waals surface area contributed by atoms with E-state index in [1.54, 1.807) is 0 Å². The number of allylic oxidation sites excluding steroid dienone is 4. The van der Waals surface area contributed by atoms with Crippen LogP contribution < -0.4 is 5.73 Å². The Morgan fingerprint density at radius 3 is 1.95 bits per heavy atom. The van der Waals surface area contributed by atoms with E-state index >= 15 is 0 Å². The molecule has 0 aliphatic heterocycles. The number of nitrogens with two attached hydrogens (primary N) is 1. The molecule has 0 amide bonds. The van der Waals surface area contributed by atoms with Crippen LogP contribution in [0.4, 0.5) is 0 Å². The second kappa shape index (κ2) is 29.5. The summed E-state index contributed by atoms with van der Waals surface area (Å²) in [6.45, 7) is 4.73. The van der Waals surface area contributed by atoms with Crippen LogP contribution in [0.1, 0.15) is 129 Å². The molecule has 0 bridgehead atoms. The van der Waals surface area contributed by atoms with Gasteiger partial charge in [0.15, 0.2) is 0 Å². The minimum atomic E-state index is -4.25. The Kier molecular flexibility index (Phi) is 28.7. The highest BCUT2D eigenvalue weighted by atomic mass is 31.2. The molecular formula is C31H60NO7P. The summed E-state index contributed by atoms with van der Waals surface area (Å²) in [5, 5.41) is 0. The van der Waals surface area contributed by atoms with Crippen LogP contribution in [0.3, 0.4) is 0 Å². The molecule has 236 valence electrons. The van der Waals surface area contributed by atoms with Crippen molar-refractivity contribution in [3.63, 3.8) is 0 Å². The maximum Gasteiger partial charge on any atom is 0.472 e. The molecule has 0 saturated heterocycles. The van der Waals surface area contributed by atoms with Crippen molar-refractivity contribution in [1.82, 2.24) is 0 Å². The van der Waals surface area contributed by atoms with E-state index in [1.165, 1.54) is 57.8 Å². The molecular weight excluding hydrogens is 529 g/mol. The molecule has 0 aliphatic rings. The molecule has 0 radical (unpaired) electrons. The summed E-state index contributed by atoms with van der Waals surface area (Å²) >= 11 is 0. The van der Waals surface area contributed by atoms with Crippen LogP contribution in [0.5, 0.6) is 0 Å². The lowest BCUT2D eigenvalue weighted by atomic mass is 10.1. The molecule has 0 spiro atoms. The normalized spacial score (nSPS) is 14.2. The number of hydrogen-bond acceptors (Lipinski definition) is 7.